The van der Waals surface area contributed by atoms with Crippen molar-refractivity contribution in [3.8, 4) is 11.5 Å². The van der Waals surface area contributed by atoms with Crippen molar-refractivity contribution >= 4 is 35.3 Å². The maximum Gasteiger partial charge on any atom is 0.265 e. The molecule has 7 heteroatoms. The fraction of sp³-hybridized carbons (Fsp3) is 0.241. The predicted molar refractivity (Wildman–Crippen MR) is 142 cm³/mol. The second-order valence-corrected chi connectivity index (χ2v) is 9.84. The topological polar surface area (TPSA) is 67.9 Å². The molecule has 3 aromatic rings. The molecule has 0 radical (unpaired) electrons. The summed E-state index contributed by atoms with van der Waals surface area (Å²) in [6.07, 6.45) is 2.86. The number of benzene rings is 3. The lowest BCUT2D eigenvalue weighted by atomic mass is 10.1. The first kappa shape index (κ1) is 24.0. The number of thioether (sulfide) groups is 1. The fourth-order valence-electron chi connectivity index (χ4n) is 4.26. The second-order valence-electron chi connectivity index (χ2n) is 8.76. The normalized spacial score (nSPS) is 16.4. The van der Waals surface area contributed by atoms with Crippen LogP contribution in [-0.4, -0.2) is 31.6 Å². The molecule has 0 saturated heterocycles. The first-order valence-electron chi connectivity index (χ1n) is 12.1. The van der Waals surface area contributed by atoms with E-state index in [-0.39, 0.29) is 24.4 Å². The lowest BCUT2D eigenvalue weighted by Gasteiger charge is -2.30. The number of anilines is 1. The minimum atomic E-state index is -0.259. The predicted octanol–water partition coefficient (Wildman–Crippen LogP) is 5.38. The summed E-state index contributed by atoms with van der Waals surface area (Å²) in [6.45, 7) is 4.99. The zero-order valence-electron chi connectivity index (χ0n) is 20.3. The van der Waals surface area contributed by atoms with E-state index in [1.54, 1.807) is 4.90 Å². The zero-order valence-corrected chi connectivity index (χ0v) is 21.1. The van der Waals surface area contributed by atoms with Crippen LogP contribution in [-0.2, 0) is 16.0 Å². The van der Waals surface area contributed by atoms with Gasteiger partial charge < -0.3 is 14.8 Å². The van der Waals surface area contributed by atoms with E-state index >= 15 is 0 Å². The number of ether oxygens (including phenoxy) is 2. The Balaban J connectivity index is 1.34. The van der Waals surface area contributed by atoms with Crippen molar-refractivity contribution in [2.24, 2.45) is 0 Å². The highest BCUT2D eigenvalue weighted by molar-refractivity contribution is 8.04. The number of hydrogen-bond donors (Lipinski definition) is 1. The van der Waals surface area contributed by atoms with E-state index in [9.17, 15) is 9.59 Å². The number of hydrogen-bond acceptors (Lipinski definition) is 5. The minimum Gasteiger partial charge on any atom is -0.486 e. The van der Waals surface area contributed by atoms with E-state index in [4.69, 9.17) is 9.47 Å². The Labute approximate surface area is 215 Å². The van der Waals surface area contributed by atoms with Crippen molar-refractivity contribution in [3.63, 3.8) is 0 Å². The molecule has 3 aromatic carbocycles. The molecule has 1 N–H and O–H groups in total. The zero-order chi connectivity index (χ0) is 25.1. The van der Waals surface area contributed by atoms with E-state index in [0.717, 1.165) is 28.1 Å². The number of carbonyl (C=O) groups excluding carboxylic acids is 2. The van der Waals surface area contributed by atoms with Gasteiger partial charge in [0.25, 0.3) is 5.91 Å². The molecular formula is C29H28N2O4S. The maximum atomic E-state index is 13.5. The molecule has 1 atom stereocenters. The van der Waals surface area contributed by atoms with Crippen LogP contribution in [0.4, 0.5) is 5.69 Å². The van der Waals surface area contributed by atoms with Crippen LogP contribution in [0.2, 0.25) is 0 Å². The highest BCUT2D eigenvalue weighted by Gasteiger charge is 2.30. The molecule has 184 valence electrons. The molecule has 0 bridgehead atoms. The summed E-state index contributed by atoms with van der Waals surface area (Å²) in [5.41, 5.74) is 3.85. The third-order valence-corrected chi connectivity index (χ3v) is 7.34. The van der Waals surface area contributed by atoms with E-state index < -0.39 is 0 Å². The molecule has 0 aliphatic carbocycles. The summed E-state index contributed by atoms with van der Waals surface area (Å²) in [5.74, 6) is 0.971. The molecule has 0 fully saturated rings. The van der Waals surface area contributed by atoms with E-state index in [0.29, 0.717) is 29.6 Å². The Morgan fingerprint density at radius 2 is 1.81 bits per heavy atom. The summed E-state index contributed by atoms with van der Waals surface area (Å²) in [7, 11) is 0. The second kappa shape index (κ2) is 10.5. The molecule has 36 heavy (non-hydrogen) atoms. The van der Waals surface area contributed by atoms with Crippen LogP contribution in [0.1, 0.15) is 36.6 Å². The van der Waals surface area contributed by atoms with Gasteiger partial charge in [0.1, 0.15) is 19.8 Å². The Bertz CT molecular complexity index is 1320. The first-order chi connectivity index (χ1) is 17.5. The minimum absolute atomic E-state index is 0.0720. The van der Waals surface area contributed by atoms with Crippen molar-refractivity contribution in [1.29, 1.82) is 0 Å². The van der Waals surface area contributed by atoms with E-state index in [1.165, 1.54) is 17.3 Å². The van der Waals surface area contributed by atoms with E-state index in [1.807, 2.05) is 67.6 Å². The van der Waals surface area contributed by atoms with Gasteiger partial charge in [-0.05, 0) is 60.4 Å². The number of amides is 2. The molecule has 2 heterocycles. The number of para-hydroxylation sites is 1. The molecule has 0 aromatic heterocycles. The number of fused-ring (bicyclic) bond motifs is 2. The van der Waals surface area contributed by atoms with Gasteiger partial charge >= 0.3 is 0 Å². The van der Waals surface area contributed by atoms with Crippen LogP contribution in [0.3, 0.4) is 0 Å². The lowest BCUT2D eigenvalue weighted by Crippen LogP contribution is -2.43. The molecule has 0 saturated carbocycles. The van der Waals surface area contributed by atoms with Crippen molar-refractivity contribution in [2.45, 2.75) is 31.2 Å². The summed E-state index contributed by atoms with van der Waals surface area (Å²) in [4.78, 5) is 29.7. The smallest absolute Gasteiger partial charge is 0.265 e. The van der Waals surface area contributed by atoms with Gasteiger partial charge in [-0.15, -0.1) is 0 Å². The molecule has 0 unspecified atom stereocenters. The van der Waals surface area contributed by atoms with Gasteiger partial charge in [0.05, 0.1) is 16.6 Å². The summed E-state index contributed by atoms with van der Waals surface area (Å²) in [5, 5.41) is 3.02. The van der Waals surface area contributed by atoms with Crippen LogP contribution in [0, 0.1) is 0 Å². The van der Waals surface area contributed by atoms with Gasteiger partial charge in [0, 0.05) is 4.90 Å². The van der Waals surface area contributed by atoms with Gasteiger partial charge in [-0.25, -0.2) is 0 Å². The van der Waals surface area contributed by atoms with Crippen molar-refractivity contribution in [3.05, 3.63) is 88.3 Å². The largest absolute Gasteiger partial charge is 0.486 e. The monoisotopic (exact) mass is 500 g/mol. The average Bonchev–Trinajstić information content (AvgIpc) is 2.91. The Kier molecular flexibility index (Phi) is 7.00. The maximum absolute atomic E-state index is 13.5. The number of aryl methyl sites for hydroxylation is 1. The standard InChI is InChI=1S/C29H28N2O4S/c1-3-20-8-10-21(11-9-20)16-27-29(33)31(23-6-4-5-7-26(23)36-27)18-28(32)30-19(2)22-12-13-24-25(17-22)35-15-14-34-24/h4-13,16-17,19H,3,14-15,18H2,1-2H3,(H,30,32)/b27-16-/t19-/m1/s1. The van der Waals surface area contributed by atoms with Crippen LogP contribution in [0.25, 0.3) is 6.08 Å². The van der Waals surface area contributed by atoms with Crippen molar-refractivity contribution < 1.29 is 19.1 Å². The quantitative estimate of drug-likeness (QED) is 0.461. The lowest BCUT2D eigenvalue weighted by molar-refractivity contribution is -0.122. The molecule has 5 rings (SSSR count). The number of carbonyl (C=O) groups is 2. The van der Waals surface area contributed by atoms with Gasteiger partial charge in [0.2, 0.25) is 5.91 Å². The molecule has 2 aliphatic heterocycles. The molecule has 0 spiro atoms. The Hall–Kier alpha value is -3.71. The summed E-state index contributed by atoms with van der Waals surface area (Å²) in [6, 6.07) is 21.3. The fourth-order valence-corrected chi connectivity index (χ4v) is 5.32. The van der Waals surface area contributed by atoms with Crippen molar-refractivity contribution in [1.82, 2.24) is 5.32 Å². The van der Waals surface area contributed by atoms with Gasteiger partial charge in [-0.1, -0.05) is 61.2 Å². The van der Waals surface area contributed by atoms with Crippen LogP contribution in [0.5, 0.6) is 11.5 Å². The number of nitrogens with one attached hydrogen (secondary N) is 1. The molecule has 2 amide bonds. The number of nitrogens with zero attached hydrogens (tertiary/aromatic N) is 1. The van der Waals surface area contributed by atoms with Crippen LogP contribution >= 0.6 is 11.8 Å². The van der Waals surface area contributed by atoms with Gasteiger partial charge in [-0.2, -0.15) is 0 Å². The third-order valence-electron chi connectivity index (χ3n) is 6.26. The molecule has 2 aliphatic rings. The van der Waals surface area contributed by atoms with E-state index in [2.05, 4.69) is 24.4 Å². The highest BCUT2D eigenvalue weighted by Crippen LogP contribution is 2.42. The summed E-state index contributed by atoms with van der Waals surface area (Å²) >= 11 is 1.44. The van der Waals surface area contributed by atoms with Crippen LogP contribution in [0.15, 0.2) is 76.5 Å². The highest BCUT2D eigenvalue weighted by atomic mass is 32.2. The summed E-state index contributed by atoms with van der Waals surface area (Å²) < 4.78 is 11.3. The Morgan fingerprint density at radius 1 is 1.06 bits per heavy atom. The number of rotatable bonds is 6. The molecular weight excluding hydrogens is 472 g/mol. The average molecular weight is 501 g/mol. The third kappa shape index (κ3) is 5.11. The Morgan fingerprint density at radius 3 is 2.58 bits per heavy atom. The van der Waals surface area contributed by atoms with Gasteiger partial charge in [-0.3, -0.25) is 14.5 Å². The first-order valence-corrected chi connectivity index (χ1v) is 12.9. The molecule has 6 nitrogen and oxygen atoms in total. The van der Waals surface area contributed by atoms with Crippen molar-refractivity contribution in [2.75, 3.05) is 24.7 Å². The van der Waals surface area contributed by atoms with Crippen LogP contribution < -0.4 is 19.7 Å². The SMILES string of the molecule is CCc1ccc(/C=C2\Sc3ccccc3N(CC(=O)N[C@H](C)c3ccc4c(c3)OCCO4)C2=O)cc1. The van der Waals surface area contributed by atoms with Gasteiger partial charge in [0.15, 0.2) is 11.5 Å².